The van der Waals surface area contributed by atoms with Gasteiger partial charge >= 0.3 is 0 Å². The quantitative estimate of drug-likeness (QED) is 0.537. The van der Waals surface area contributed by atoms with Gasteiger partial charge in [-0.2, -0.15) is 0 Å². The maximum absolute atomic E-state index is 5.78. The fourth-order valence-electron chi connectivity index (χ4n) is 2.77. The van der Waals surface area contributed by atoms with E-state index in [-0.39, 0.29) is 6.79 Å². The first kappa shape index (κ1) is 18.8. The molecule has 0 heterocycles. The number of methoxy groups -OCH3 is 1. The molecule has 24 heavy (non-hydrogen) atoms. The van der Waals surface area contributed by atoms with Crippen molar-refractivity contribution in [3.05, 3.63) is 47.5 Å². The van der Waals surface area contributed by atoms with Crippen LogP contribution < -0.4 is 20.2 Å². The smallest absolute Gasteiger partial charge is 0.188 e. The molecule has 2 rings (SSSR count). The molecule has 0 saturated carbocycles. The Morgan fingerprint density at radius 1 is 1.04 bits per heavy atom. The van der Waals surface area contributed by atoms with Crippen molar-refractivity contribution in [2.75, 3.05) is 31.9 Å². The molecular formula is C20H28NO2P. The molecule has 2 aromatic rings. The topological polar surface area (TPSA) is 21.7 Å². The number of ether oxygens (including phenoxy) is 2. The first-order valence-electron chi connectivity index (χ1n) is 8.44. The van der Waals surface area contributed by atoms with E-state index in [0.29, 0.717) is 8.58 Å². The van der Waals surface area contributed by atoms with Crippen molar-refractivity contribution in [3.63, 3.8) is 0 Å². The number of rotatable bonds is 8. The van der Waals surface area contributed by atoms with E-state index < -0.39 is 0 Å². The lowest BCUT2D eigenvalue weighted by Crippen LogP contribution is -2.27. The van der Waals surface area contributed by atoms with Crippen LogP contribution in [0.2, 0.25) is 0 Å². The van der Waals surface area contributed by atoms with Crippen molar-refractivity contribution in [1.29, 1.82) is 0 Å². The second-order valence-electron chi connectivity index (χ2n) is 5.82. The highest BCUT2D eigenvalue weighted by molar-refractivity contribution is 7.56. The van der Waals surface area contributed by atoms with Gasteiger partial charge in [-0.15, -0.1) is 0 Å². The minimum atomic E-state index is 0.275. The first-order chi connectivity index (χ1) is 11.6. The van der Waals surface area contributed by atoms with Crippen molar-refractivity contribution in [3.8, 4) is 5.75 Å². The van der Waals surface area contributed by atoms with E-state index in [1.165, 1.54) is 27.4 Å². The number of hydrogen-bond donors (Lipinski definition) is 0. The normalized spacial score (nSPS) is 11.2. The number of nitrogens with zero attached hydrogens (tertiary/aromatic N) is 1. The second-order valence-corrected chi connectivity index (χ2v) is 7.11. The predicted molar refractivity (Wildman–Crippen MR) is 106 cm³/mol. The Kier molecular flexibility index (Phi) is 7.08. The number of benzene rings is 2. The Labute approximate surface area is 147 Å². The van der Waals surface area contributed by atoms with Crippen LogP contribution >= 0.6 is 8.58 Å². The van der Waals surface area contributed by atoms with Gasteiger partial charge in [0.05, 0.1) is 0 Å². The van der Waals surface area contributed by atoms with Gasteiger partial charge in [0.25, 0.3) is 0 Å². The number of anilines is 1. The maximum Gasteiger partial charge on any atom is 0.188 e. The third-order valence-corrected chi connectivity index (χ3v) is 5.64. The summed E-state index contributed by atoms with van der Waals surface area (Å²) < 4.78 is 10.9. The summed E-state index contributed by atoms with van der Waals surface area (Å²) in [5.74, 6) is 0.912. The summed E-state index contributed by atoms with van der Waals surface area (Å²) >= 11 is 0. The van der Waals surface area contributed by atoms with Crippen molar-refractivity contribution < 1.29 is 9.47 Å². The maximum atomic E-state index is 5.78. The van der Waals surface area contributed by atoms with Gasteiger partial charge in [0, 0.05) is 36.5 Å². The van der Waals surface area contributed by atoms with Crippen LogP contribution in [0.1, 0.15) is 25.0 Å². The standard InChI is InChI=1S/C20H28NO2P/c1-6-21(7-2)17-10-8-9-16(4)20(17)24-19-13-15(3)11-12-18(19)23-14-22-5/h8-13,24H,6-7,14H2,1-5H3. The summed E-state index contributed by atoms with van der Waals surface area (Å²) in [4.78, 5) is 2.42. The van der Waals surface area contributed by atoms with Gasteiger partial charge in [-0.05, 0) is 51.5 Å². The highest BCUT2D eigenvalue weighted by atomic mass is 31.1. The zero-order chi connectivity index (χ0) is 17.5. The lowest BCUT2D eigenvalue weighted by atomic mass is 10.2. The van der Waals surface area contributed by atoms with Gasteiger partial charge in [0.1, 0.15) is 5.75 Å². The van der Waals surface area contributed by atoms with Gasteiger partial charge in [-0.25, -0.2) is 0 Å². The third-order valence-electron chi connectivity index (χ3n) is 4.08. The summed E-state index contributed by atoms with van der Waals surface area (Å²) in [6.45, 7) is 11.0. The molecule has 0 fully saturated rings. The Morgan fingerprint density at radius 2 is 1.79 bits per heavy atom. The summed E-state index contributed by atoms with van der Waals surface area (Å²) in [7, 11) is 2.21. The molecule has 0 aromatic heterocycles. The zero-order valence-corrected chi connectivity index (χ0v) is 16.3. The molecule has 130 valence electrons. The van der Waals surface area contributed by atoms with E-state index >= 15 is 0 Å². The van der Waals surface area contributed by atoms with Crippen molar-refractivity contribution >= 4 is 24.9 Å². The molecule has 3 nitrogen and oxygen atoms in total. The zero-order valence-electron chi connectivity index (χ0n) is 15.3. The molecule has 4 heteroatoms. The molecule has 2 aromatic carbocycles. The van der Waals surface area contributed by atoms with Crippen LogP contribution in [0.3, 0.4) is 0 Å². The van der Waals surface area contributed by atoms with Crippen LogP contribution in [0.25, 0.3) is 0 Å². The molecule has 0 aliphatic heterocycles. The first-order valence-corrected chi connectivity index (χ1v) is 9.44. The summed E-state index contributed by atoms with van der Waals surface area (Å²) in [6.07, 6.45) is 0. The Bertz CT molecular complexity index is 669. The Balaban J connectivity index is 2.42. The van der Waals surface area contributed by atoms with Gasteiger partial charge in [0.2, 0.25) is 0 Å². The minimum absolute atomic E-state index is 0.275. The van der Waals surface area contributed by atoms with Crippen LogP contribution in [-0.4, -0.2) is 27.0 Å². The summed E-state index contributed by atoms with van der Waals surface area (Å²) in [5, 5.41) is 2.63. The largest absolute Gasteiger partial charge is 0.467 e. The third kappa shape index (κ3) is 4.49. The van der Waals surface area contributed by atoms with Crippen LogP contribution in [0.15, 0.2) is 36.4 Å². The monoisotopic (exact) mass is 345 g/mol. The molecule has 1 atom stereocenters. The van der Waals surface area contributed by atoms with E-state index in [9.17, 15) is 0 Å². The van der Waals surface area contributed by atoms with Crippen LogP contribution in [0, 0.1) is 13.8 Å². The van der Waals surface area contributed by atoms with E-state index in [1.54, 1.807) is 7.11 Å². The molecule has 0 aliphatic rings. The molecule has 0 saturated heterocycles. The Hall–Kier alpha value is -1.57. The highest BCUT2D eigenvalue weighted by Crippen LogP contribution is 2.27. The average molecular weight is 345 g/mol. The minimum Gasteiger partial charge on any atom is -0.467 e. The summed E-state index contributed by atoms with van der Waals surface area (Å²) in [6, 6.07) is 12.9. The van der Waals surface area contributed by atoms with Crippen LogP contribution in [0.5, 0.6) is 5.75 Å². The highest BCUT2D eigenvalue weighted by Gasteiger charge is 2.14. The molecule has 0 N–H and O–H groups in total. The van der Waals surface area contributed by atoms with Gasteiger partial charge in [-0.3, -0.25) is 0 Å². The fourth-order valence-corrected chi connectivity index (χ4v) is 4.27. The van der Waals surface area contributed by atoms with Gasteiger partial charge in [0.15, 0.2) is 6.79 Å². The molecule has 0 aliphatic carbocycles. The van der Waals surface area contributed by atoms with Crippen molar-refractivity contribution in [1.82, 2.24) is 0 Å². The van der Waals surface area contributed by atoms with E-state index in [2.05, 4.69) is 62.9 Å². The van der Waals surface area contributed by atoms with Gasteiger partial charge < -0.3 is 14.4 Å². The van der Waals surface area contributed by atoms with Gasteiger partial charge in [-0.1, -0.05) is 32.3 Å². The average Bonchev–Trinajstić information content (AvgIpc) is 2.58. The second kappa shape index (κ2) is 9.05. The van der Waals surface area contributed by atoms with E-state index in [0.717, 1.165) is 18.8 Å². The van der Waals surface area contributed by atoms with Crippen LogP contribution in [-0.2, 0) is 4.74 Å². The number of aryl methyl sites for hydroxylation is 2. The molecule has 0 bridgehead atoms. The predicted octanol–water partition coefficient (Wildman–Crippen LogP) is 3.76. The van der Waals surface area contributed by atoms with Crippen molar-refractivity contribution in [2.24, 2.45) is 0 Å². The molecule has 0 radical (unpaired) electrons. The van der Waals surface area contributed by atoms with Crippen LogP contribution in [0.4, 0.5) is 5.69 Å². The molecule has 1 unspecified atom stereocenters. The fraction of sp³-hybridized carbons (Fsp3) is 0.400. The molecule has 0 spiro atoms. The SMILES string of the molecule is CCN(CC)c1cccc(C)c1Pc1cc(C)ccc1OCOC. The lowest BCUT2D eigenvalue weighted by molar-refractivity contribution is 0.0519. The lowest BCUT2D eigenvalue weighted by Gasteiger charge is -2.25. The molecular weight excluding hydrogens is 317 g/mol. The van der Waals surface area contributed by atoms with E-state index in [4.69, 9.17) is 9.47 Å². The molecule has 0 amide bonds. The summed E-state index contributed by atoms with van der Waals surface area (Å²) in [5.41, 5.74) is 3.91. The van der Waals surface area contributed by atoms with Crippen molar-refractivity contribution in [2.45, 2.75) is 27.7 Å². The Morgan fingerprint density at radius 3 is 2.46 bits per heavy atom. The van der Waals surface area contributed by atoms with E-state index in [1.807, 2.05) is 6.07 Å². The number of hydrogen-bond acceptors (Lipinski definition) is 3.